The number of rotatable bonds is 8. The predicted molar refractivity (Wildman–Crippen MR) is 123 cm³/mol. The van der Waals surface area contributed by atoms with Crippen LogP contribution >= 0.6 is 23.1 Å². The van der Waals surface area contributed by atoms with E-state index in [1.807, 2.05) is 67.6 Å². The first kappa shape index (κ1) is 20.4. The van der Waals surface area contributed by atoms with Gasteiger partial charge in [0.1, 0.15) is 5.75 Å². The summed E-state index contributed by atoms with van der Waals surface area (Å²) < 4.78 is 6.60. The topological polar surface area (TPSA) is 55.3 Å². The van der Waals surface area contributed by atoms with Crippen molar-refractivity contribution in [2.24, 2.45) is 0 Å². The molecule has 1 amide bonds. The normalized spacial score (nSPS) is 10.8. The highest BCUT2D eigenvalue weighted by Crippen LogP contribution is 2.33. The fourth-order valence-corrected chi connectivity index (χ4v) is 4.75. The maximum atomic E-state index is 13.2. The number of carbonyl (C=O) groups excluding carboxylic acids is 1. The van der Waals surface area contributed by atoms with Crippen molar-refractivity contribution in [1.29, 1.82) is 0 Å². The molecule has 2 heterocycles. The van der Waals surface area contributed by atoms with Crippen LogP contribution in [-0.4, -0.2) is 28.2 Å². The van der Waals surface area contributed by atoms with Crippen molar-refractivity contribution < 1.29 is 9.53 Å². The highest BCUT2D eigenvalue weighted by atomic mass is 32.2. The van der Waals surface area contributed by atoms with E-state index < -0.39 is 0 Å². The summed E-state index contributed by atoms with van der Waals surface area (Å²) in [5, 5.41) is 0.682. The molecular weight excluding hydrogens is 414 g/mol. The Morgan fingerprint density at radius 2 is 2.00 bits per heavy atom. The summed E-state index contributed by atoms with van der Waals surface area (Å²) >= 11 is 3.03. The summed E-state index contributed by atoms with van der Waals surface area (Å²) in [7, 11) is 0. The number of thiazole rings is 1. The second kappa shape index (κ2) is 9.73. The average molecular weight is 436 g/mol. The van der Waals surface area contributed by atoms with Crippen molar-refractivity contribution in [1.82, 2.24) is 9.97 Å². The van der Waals surface area contributed by atoms with Crippen LogP contribution in [0.1, 0.15) is 12.5 Å². The minimum absolute atomic E-state index is 0.0109. The second-order valence-corrected chi connectivity index (χ2v) is 8.56. The van der Waals surface area contributed by atoms with Gasteiger partial charge in [-0.25, -0.2) is 4.98 Å². The Bertz CT molecular complexity index is 1120. The fraction of sp³-hybridized carbons (Fsp3) is 0.174. The molecule has 0 saturated heterocycles. The van der Waals surface area contributed by atoms with Crippen LogP contribution in [0.5, 0.6) is 5.75 Å². The van der Waals surface area contributed by atoms with Gasteiger partial charge < -0.3 is 4.74 Å². The lowest BCUT2D eigenvalue weighted by molar-refractivity contribution is -0.116. The zero-order valence-electron chi connectivity index (χ0n) is 16.5. The van der Waals surface area contributed by atoms with Crippen LogP contribution in [0.15, 0.2) is 78.0 Å². The number of pyridine rings is 1. The predicted octanol–water partition coefficient (Wildman–Crippen LogP) is 5.42. The zero-order valence-corrected chi connectivity index (χ0v) is 18.2. The number of nitrogens with zero attached hydrogens (tertiary/aromatic N) is 3. The molecule has 0 atom stereocenters. The molecule has 0 radical (unpaired) electrons. The van der Waals surface area contributed by atoms with Gasteiger partial charge in [-0.3, -0.25) is 14.7 Å². The number of thioether (sulfide) groups is 1. The van der Waals surface area contributed by atoms with Crippen LogP contribution in [0.4, 0.5) is 5.13 Å². The largest absolute Gasteiger partial charge is 0.494 e. The van der Waals surface area contributed by atoms with Crippen LogP contribution in [0.3, 0.4) is 0 Å². The van der Waals surface area contributed by atoms with E-state index in [1.165, 1.54) is 23.1 Å². The van der Waals surface area contributed by atoms with Crippen molar-refractivity contribution >= 4 is 44.4 Å². The number of amides is 1. The van der Waals surface area contributed by atoms with Crippen LogP contribution in [0.25, 0.3) is 10.2 Å². The molecule has 0 aliphatic carbocycles. The molecule has 4 rings (SSSR count). The lowest BCUT2D eigenvalue weighted by Crippen LogP contribution is -2.31. The van der Waals surface area contributed by atoms with Gasteiger partial charge in [0.25, 0.3) is 0 Å². The van der Waals surface area contributed by atoms with E-state index in [-0.39, 0.29) is 5.91 Å². The average Bonchev–Trinajstić information content (AvgIpc) is 3.20. The first-order valence-corrected chi connectivity index (χ1v) is 11.4. The first-order valence-electron chi connectivity index (χ1n) is 9.63. The Hall–Kier alpha value is -2.90. The molecule has 0 aliphatic heterocycles. The number of anilines is 1. The van der Waals surface area contributed by atoms with E-state index in [4.69, 9.17) is 9.72 Å². The molecule has 0 aliphatic rings. The maximum Gasteiger partial charge on any atom is 0.239 e. The first-order chi connectivity index (χ1) is 14.7. The molecule has 2 aromatic heterocycles. The minimum atomic E-state index is 0.0109. The Kier molecular flexibility index (Phi) is 6.61. The van der Waals surface area contributed by atoms with Crippen molar-refractivity contribution in [3.05, 3.63) is 78.6 Å². The van der Waals surface area contributed by atoms with E-state index >= 15 is 0 Å². The number of carbonyl (C=O) groups is 1. The van der Waals surface area contributed by atoms with Gasteiger partial charge in [-0.05, 0) is 48.9 Å². The Balaban J connectivity index is 1.60. The third-order valence-electron chi connectivity index (χ3n) is 4.36. The Morgan fingerprint density at radius 1 is 1.13 bits per heavy atom. The number of hydrogen-bond acceptors (Lipinski definition) is 6. The van der Waals surface area contributed by atoms with Crippen molar-refractivity contribution in [2.45, 2.75) is 18.4 Å². The molecule has 152 valence electrons. The van der Waals surface area contributed by atoms with E-state index in [0.717, 1.165) is 26.4 Å². The molecule has 2 aromatic carbocycles. The van der Waals surface area contributed by atoms with Crippen molar-refractivity contribution in [2.75, 3.05) is 17.3 Å². The zero-order chi connectivity index (χ0) is 20.8. The monoisotopic (exact) mass is 435 g/mol. The van der Waals surface area contributed by atoms with Gasteiger partial charge >= 0.3 is 0 Å². The summed E-state index contributed by atoms with van der Waals surface area (Å²) in [6.07, 6.45) is 3.51. The van der Waals surface area contributed by atoms with Crippen molar-refractivity contribution in [3.63, 3.8) is 0 Å². The van der Waals surface area contributed by atoms with Gasteiger partial charge in [0, 0.05) is 17.3 Å². The molecule has 0 spiro atoms. The van der Waals surface area contributed by atoms with Crippen LogP contribution in [0.2, 0.25) is 0 Å². The van der Waals surface area contributed by atoms with Gasteiger partial charge in [0.05, 0.1) is 29.1 Å². The highest BCUT2D eigenvalue weighted by Gasteiger charge is 2.21. The van der Waals surface area contributed by atoms with E-state index in [1.54, 1.807) is 17.3 Å². The SMILES string of the molecule is CCOc1ccc2nc(N(Cc3cccnc3)C(=O)CSc3ccccc3)sc2c1. The summed E-state index contributed by atoms with van der Waals surface area (Å²) in [4.78, 5) is 24.9. The number of ether oxygens (including phenoxy) is 1. The summed E-state index contributed by atoms with van der Waals surface area (Å²) in [5.74, 6) is 1.16. The molecule has 7 heteroatoms. The van der Waals surface area contributed by atoms with E-state index in [9.17, 15) is 4.79 Å². The number of hydrogen-bond donors (Lipinski definition) is 0. The Morgan fingerprint density at radius 3 is 2.77 bits per heavy atom. The van der Waals surface area contributed by atoms with Crippen molar-refractivity contribution in [3.8, 4) is 5.75 Å². The van der Waals surface area contributed by atoms with E-state index in [0.29, 0.717) is 24.0 Å². The molecule has 0 N–H and O–H groups in total. The molecule has 0 bridgehead atoms. The van der Waals surface area contributed by atoms with Crippen LogP contribution in [0, 0.1) is 0 Å². The molecule has 5 nitrogen and oxygen atoms in total. The number of aromatic nitrogens is 2. The molecular formula is C23H21N3O2S2. The van der Waals surface area contributed by atoms with Gasteiger partial charge in [0.15, 0.2) is 5.13 Å². The molecule has 30 heavy (non-hydrogen) atoms. The molecule has 0 unspecified atom stereocenters. The lowest BCUT2D eigenvalue weighted by atomic mass is 10.2. The summed E-state index contributed by atoms with van der Waals surface area (Å²) in [6.45, 7) is 3.00. The lowest BCUT2D eigenvalue weighted by Gasteiger charge is -2.19. The third-order valence-corrected chi connectivity index (χ3v) is 6.40. The van der Waals surface area contributed by atoms with Crippen LogP contribution < -0.4 is 9.64 Å². The Labute approximate surface area is 183 Å². The smallest absolute Gasteiger partial charge is 0.239 e. The van der Waals surface area contributed by atoms with Gasteiger partial charge in [-0.2, -0.15) is 0 Å². The molecule has 4 aromatic rings. The van der Waals surface area contributed by atoms with Crippen LogP contribution in [-0.2, 0) is 11.3 Å². The van der Waals surface area contributed by atoms with E-state index in [2.05, 4.69) is 4.98 Å². The summed E-state index contributed by atoms with van der Waals surface area (Å²) in [5.41, 5.74) is 1.82. The number of benzene rings is 2. The standard InChI is InChI=1S/C23H21N3O2S2/c1-2-28-18-10-11-20-21(13-18)30-23(25-20)26(15-17-7-6-12-24-14-17)22(27)16-29-19-8-4-3-5-9-19/h3-14H,2,15-16H2,1H3. The molecule has 0 fully saturated rings. The van der Waals surface area contributed by atoms with Gasteiger partial charge in [0.2, 0.25) is 5.91 Å². The minimum Gasteiger partial charge on any atom is -0.494 e. The maximum absolute atomic E-state index is 13.2. The fourth-order valence-electron chi connectivity index (χ4n) is 2.94. The van der Waals surface area contributed by atoms with Gasteiger partial charge in [-0.1, -0.05) is 35.6 Å². The second-order valence-electron chi connectivity index (χ2n) is 6.50. The third kappa shape index (κ3) is 4.98. The number of fused-ring (bicyclic) bond motifs is 1. The quantitative estimate of drug-likeness (QED) is 0.346. The highest BCUT2D eigenvalue weighted by molar-refractivity contribution is 8.00. The summed E-state index contributed by atoms with van der Waals surface area (Å²) in [6, 6.07) is 19.6. The molecule has 0 saturated carbocycles. The van der Waals surface area contributed by atoms with Gasteiger partial charge in [-0.15, -0.1) is 11.8 Å².